The molecular formula is C13H13FN2O3. The SMILES string of the molecule is C#CCN(CC)C(=O)Nc1ccc(F)cc1C(=O)O. The number of anilines is 1. The van der Waals surface area contributed by atoms with Crippen LogP contribution in [0.3, 0.4) is 0 Å². The summed E-state index contributed by atoms with van der Waals surface area (Å²) in [5.74, 6) is 0.308. The zero-order chi connectivity index (χ0) is 14.4. The quantitative estimate of drug-likeness (QED) is 0.817. The second-order valence-corrected chi connectivity index (χ2v) is 3.64. The van der Waals surface area contributed by atoms with Gasteiger partial charge in [-0.25, -0.2) is 14.0 Å². The smallest absolute Gasteiger partial charge is 0.337 e. The summed E-state index contributed by atoms with van der Waals surface area (Å²) < 4.78 is 13.0. The van der Waals surface area contributed by atoms with E-state index in [1.807, 2.05) is 0 Å². The largest absolute Gasteiger partial charge is 0.478 e. The minimum atomic E-state index is -1.32. The first-order valence-corrected chi connectivity index (χ1v) is 5.51. The number of hydrogen-bond donors (Lipinski definition) is 2. The molecule has 1 aromatic rings. The average Bonchev–Trinajstić information content (AvgIpc) is 2.37. The molecule has 0 spiro atoms. The van der Waals surface area contributed by atoms with Crippen LogP contribution in [0.2, 0.25) is 0 Å². The van der Waals surface area contributed by atoms with Crippen LogP contribution in [0.25, 0.3) is 0 Å². The maximum absolute atomic E-state index is 13.0. The number of carboxylic acid groups (broad SMARTS) is 1. The van der Waals surface area contributed by atoms with Gasteiger partial charge in [0.2, 0.25) is 0 Å². The molecule has 2 amide bonds. The molecule has 0 fully saturated rings. The number of nitrogens with zero attached hydrogens (tertiary/aromatic N) is 1. The van der Waals surface area contributed by atoms with E-state index in [-0.39, 0.29) is 17.8 Å². The topological polar surface area (TPSA) is 69.6 Å². The molecule has 0 aliphatic heterocycles. The van der Waals surface area contributed by atoms with Gasteiger partial charge in [0.1, 0.15) is 5.82 Å². The molecule has 100 valence electrons. The van der Waals surface area contributed by atoms with E-state index in [9.17, 15) is 14.0 Å². The van der Waals surface area contributed by atoms with E-state index in [0.29, 0.717) is 6.54 Å². The van der Waals surface area contributed by atoms with Crippen LogP contribution in [0.5, 0.6) is 0 Å². The van der Waals surface area contributed by atoms with Gasteiger partial charge in [-0.15, -0.1) is 6.42 Å². The van der Waals surface area contributed by atoms with Crippen LogP contribution in [-0.2, 0) is 0 Å². The number of urea groups is 1. The van der Waals surface area contributed by atoms with E-state index in [1.165, 1.54) is 11.0 Å². The molecule has 0 saturated heterocycles. The lowest BCUT2D eigenvalue weighted by atomic mass is 10.1. The van der Waals surface area contributed by atoms with Gasteiger partial charge in [0.15, 0.2) is 0 Å². The van der Waals surface area contributed by atoms with Crippen molar-refractivity contribution in [2.24, 2.45) is 0 Å². The Balaban J connectivity index is 2.96. The third-order valence-corrected chi connectivity index (χ3v) is 2.40. The number of carbonyl (C=O) groups is 2. The van der Waals surface area contributed by atoms with E-state index < -0.39 is 17.8 Å². The Morgan fingerprint density at radius 2 is 2.21 bits per heavy atom. The highest BCUT2D eigenvalue weighted by atomic mass is 19.1. The minimum Gasteiger partial charge on any atom is -0.478 e. The van der Waals surface area contributed by atoms with Gasteiger partial charge in [-0.2, -0.15) is 0 Å². The first-order chi connectivity index (χ1) is 8.99. The summed E-state index contributed by atoms with van der Waals surface area (Å²) in [6.45, 7) is 2.21. The van der Waals surface area contributed by atoms with Crippen molar-refractivity contribution < 1.29 is 19.1 Å². The Kier molecular flexibility index (Phi) is 4.89. The molecule has 0 saturated carbocycles. The van der Waals surface area contributed by atoms with Crippen molar-refractivity contribution in [1.82, 2.24) is 4.90 Å². The Bertz CT molecular complexity index is 537. The number of nitrogens with one attached hydrogen (secondary N) is 1. The number of rotatable bonds is 4. The fourth-order valence-corrected chi connectivity index (χ4v) is 1.43. The molecule has 0 bridgehead atoms. The lowest BCUT2D eigenvalue weighted by molar-refractivity contribution is 0.0697. The van der Waals surface area contributed by atoms with E-state index in [0.717, 1.165) is 12.1 Å². The van der Waals surface area contributed by atoms with Gasteiger partial charge in [0, 0.05) is 6.54 Å². The number of benzene rings is 1. The molecule has 0 aliphatic carbocycles. The molecule has 0 atom stereocenters. The Morgan fingerprint density at radius 3 is 2.74 bits per heavy atom. The number of amides is 2. The number of carbonyl (C=O) groups excluding carboxylic acids is 1. The summed E-state index contributed by atoms with van der Waals surface area (Å²) in [6, 6.07) is 2.57. The lowest BCUT2D eigenvalue weighted by Crippen LogP contribution is -2.35. The van der Waals surface area contributed by atoms with Crippen molar-refractivity contribution in [3.05, 3.63) is 29.6 Å². The molecule has 5 nitrogen and oxygen atoms in total. The molecule has 19 heavy (non-hydrogen) atoms. The maximum Gasteiger partial charge on any atom is 0.337 e. The fourth-order valence-electron chi connectivity index (χ4n) is 1.43. The van der Waals surface area contributed by atoms with E-state index in [4.69, 9.17) is 11.5 Å². The molecule has 1 aromatic carbocycles. The summed E-state index contributed by atoms with van der Waals surface area (Å²) in [5.41, 5.74) is -0.292. The van der Waals surface area contributed by atoms with Crippen molar-refractivity contribution >= 4 is 17.7 Å². The molecular weight excluding hydrogens is 251 g/mol. The van der Waals surface area contributed by atoms with Crippen molar-refractivity contribution in [3.8, 4) is 12.3 Å². The van der Waals surface area contributed by atoms with Gasteiger partial charge in [-0.1, -0.05) is 5.92 Å². The summed E-state index contributed by atoms with van der Waals surface area (Å²) >= 11 is 0. The predicted molar refractivity (Wildman–Crippen MR) is 68.5 cm³/mol. The molecule has 0 aliphatic rings. The third-order valence-electron chi connectivity index (χ3n) is 2.40. The van der Waals surface area contributed by atoms with Crippen molar-refractivity contribution in [2.45, 2.75) is 6.92 Å². The van der Waals surface area contributed by atoms with E-state index in [1.54, 1.807) is 6.92 Å². The number of terminal acetylenes is 1. The second kappa shape index (κ2) is 6.40. The molecule has 0 heterocycles. The molecule has 1 rings (SSSR count). The van der Waals surface area contributed by atoms with Gasteiger partial charge in [-0.3, -0.25) is 0 Å². The summed E-state index contributed by atoms with van der Waals surface area (Å²) in [6.07, 6.45) is 5.12. The highest BCUT2D eigenvalue weighted by Gasteiger charge is 2.16. The first kappa shape index (κ1) is 14.5. The summed E-state index contributed by atoms with van der Waals surface area (Å²) in [7, 11) is 0. The lowest BCUT2D eigenvalue weighted by Gasteiger charge is -2.19. The molecule has 0 radical (unpaired) electrons. The molecule has 0 aromatic heterocycles. The monoisotopic (exact) mass is 264 g/mol. The highest BCUT2D eigenvalue weighted by Crippen LogP contribution is 2.17. The molecule has 2 N–H and O–H groups in total. The normalized spacial score (nSPS) is 9.53. The number of carboxylic acids is 1. The van der Waals surface area contributed by atoms with Crippen molar-refractivity contribution in [1.29, 1.82) is 0 Å². The Hall–Kier alpha value is -2.55. The maximum atomic E-state index is 13.0. The van der Waals surface area contributed by atoms with E-state index in [2.05, 4.69) is 11.2 Å². The van der Waals surface area contributed by atoms with Crippen LogP contribution in [0.1, 0.15) is 17.3 Å². The van der Waals surface area contributed by atoms with Gasteiger partial charge in [-0.05, 0) is 25.1 Å². The summed E-state index contributed by atoms with van der Waals surface area (Å²) in [4.78, 5) is 24.1. The number of halogens is 1. The van der Waals surface area contributed by atoms with Crippen molar-refractivity contribution in [2.75, 3.05) is 18.4 Å². The molecule has 6 heteroatoms. The standard InChI is InChI=1S/C13H13FN2O3/c1-3-7-16(4-2)13(19)15-11-6-5-9(14)8-10(11)12(17)18/h1,5-6,8H,4,7H2,2H3,(H,15,19)(H,17,18). The zero-order valence-corrected chi connectivity index (χ0v) is 10.3. The number of aromatic carboxylic acids is 1. The second-order valence-electron chi connectivity index (χ2n) is 3.64. The number of hydrogen-bond acceptors (Lipinski definition) is 2. The van der Waals surface area contributed by atoms with Gasteiger partial charge < -0.3 is 15.3 Å². The van der Waals surface area contributed by atoms with Crippen LogP contribution in [0, 0.1) is 18.2 Å². The summed E-state index contributed by atoms with van der Waals surface area (Å²) in [5, 5.41) is 11.3. The zero-order valence-electron chi connectivity index (χ0n) is 10.3. The first-order valence-electron chi connectivity index (χ1n) is 5.51. The van der Waals surface area contributed by atoms with Gasteiger partial charge >= 0.3 is 12.0 Å². The minimum absolute atomic E-state index is 0.0226. The van der Waals surface area contributed by atoms with Crippen LogP contribution in [0.4, 0.5) is 14.9 Å². The third kappa shape index (κ3) is 3.71. The van der Waals surface area contributed by atoms with Crippen LogP contribution in [0.15, 0.2) is 18.2 Å². The highest BCUT2D eigenvalue weighted by molar-refractivity contribution is 6.00. The fraction of sp³-hybridized carbons (Fsp3) is 0.231. The van der Waals surface area contributed by atoms with Crippen molar-refractivity contribution in [3.63, 3.8) is 0 Å². The van der Waals surface area contributed by atoms with Crippen LogP contribution >= 0.6 is 0 Å². The average molecular weight is 264 g/mol. The van der Waals surface area contributed by atoms with Crippen LogP contribution in [-0.4, -0.2) is 35.1 Å². The van der Waals surface area contributed by atoms with E-state index >= 15 is 0 Å². The van der Waals surface area contributed by atoms with Gasteiger partial charge in [0.25, 0.3) is 0 Å². The van der Waals surface area contributed by atoms with Gasteiger partial charge in [0.05, 0.1) is 17.8 Å². The molecule has 0 unspecified atom stereocenters. The predicted octanol–water partition coefficient (Wildman–Crippen LogP) is 2.01. The van der Waals surface area contributed by atoms with Crippen LogP contribution < -0.4 is 5.32 Å². The Labute approximate surface area is 110 Å². The Morgan fingerprint density at radius 1 is 1.53 bits per heavy atom.